The summed E-state index contributed by atoms with van der Waals surface area (Å²) in [4.78, 5) is 12.4. The van der Waals surface area contributed by atoms with Crippen LogP contribution in [0.1, 0.15) is 27.2 Å². The molecule has 0 bridgehead atoms. The third-order valence-corrected chi connectivity index (χ3v) is 5.93. The Balaban J connectivity index is 2.38. The van der Waals surface area contributed by atoms with E-state index < -0.39 is 28.3 Å². The van der Waals surface area contributed by atoms with E-state index in [1.807, 2.05) is 20.8 Å². The Labute approximate surface area is 165 Å². The van der Waals surface area contributed by atoms with Crippen LogP contribution >= 0.6 is 0 Å². The van der Waals surface area contributed by atoms with Crippen molar-refractivity contribution in [3.05, 3.63) is 54.3 Å². The Bertz CT molecular complexity index is 883. The molecule has 8 heteroatoms. The van der Waals surface area contributed by atoms with Crippen LogP contribution in [0.3, 0.4) is 0 Å². The van der Waals surface area contributed by atoms with Gasteiger partial charge in [0.1, 0.15) is 18.1 Å². The van der Waals surface area contributed by atoms with Crippen LogP contribution < -0.4 is 14.4 Å². The quantitative estimate of drug-likeness (QED) is 0.691. The molecule has 0 fully saturated rings. The number of carbonyl (C=O) groups is 1. The molecule has 1 atom stereocenters. The normalized spacial score (nSPS) is 12.3. The van der Waals surface area contributed by atoms with Crippen LogP contribution in [-0.4, -0.2) is 33.5 Å². The lowest BCUT2D eigenvalue weighted by Crippen LogP contribution is -2.43. The Morgan fingerprint density at radius 2 is 1.71 bits per heavy atom. The predicted octanol–water partition coefficient (Wildman–Crippen LogP) is 3.33. The SMILES string of the molecule is CCOc1ccc(S(=O)(=O)N(CC(=O)N[C@H](C)CC)c2ccc(F)cc2)cc1. The summed E-state index contributed by atoms with van der Waals surface area (Å²) in [6.07, 6.45) is 0.716. The monoisotopic (exact) mass is 408 g/mol. The zero-order valence-corrected chi connectivity index (χ0v) is 17.0. The number of nitrogens with one attached hydrogen (secondary N) is 1. The third kappa shape index (κ3) is 5.45. The number of ether oxygens (including phenoxy) is 1. The third-order valence-electron chi connectivity index (χ3n) is 4.14. The number of sulfonamides is 1. The van der Waals surface area contributed by atoms with Crippen molar-refractivity contribution >= 4 is 21.6 Å². The van der Waals surface area contributed by atoms with Gasteiger partial charge in [0.25, 0.3) is 10.0 Å². The summed E-state index contributed by atoms with van der Waals surface area (Å²) in [5.74, 6) is -0.385. The molecule has 0 saturated carbocycles. The number of amides is 1. The molecule has 0 unspecified atom stereocenters. The van der Waals surface area contributed by atoms with Gasteiger partial charge in [-0.3, -0.25) is 9.10 Å². The Hall–Kier alpha value is -2.61. The summed E-state index contributed by atoms with van der Waals surface area (Å²) < 4.78 is 46.0. The highest BCUT2D eigenvalue weighted by Gasteiger charge is 2.27. The minimum absolute atomic E-state index is 0.0108. The second-order valence-electron chi connectivity index (χ2n) is 6.27. The molecule has 6 nitrogen and oxygen atoms in total. The maximum atomic E-state index is 13.3. The maximum Gasteiger partial charge on any atom is 0.264 e. The molecule has 28 heavy (non-hydrogen) atoms. The van der Waals surface area contributed by atoms with Crippen molar-refractivity contribution in [2.24, 2.45) is 0 Å². The highest BCUT2D eigenvalue weighted by molar-refractivity contribution is 7.92. The van der Waals surface area contributed by atoms with Gasteiger partial charge in [-0.2, -0.15) is 0 Å². The Morgan fingerprint density at radius 3 is 2.25 bits per heavy atom. The zero-order valence-electron chi connectivity index (χ0n) is 16.2. The lowest BCUT2D eigenvalue weighted by atomic mass is 10.2. The van der Waals surface area contributed by atoms with Crippen LogP contribution in [0.4, 0.5) is 10.1 Å². The van der Waals surface area contributed by atoms with Crippen LogP contribution in [0.2, 0.25) is 0 Å². The van der Waals surface area contributed by atoms with Crippen LogP contribution in [0.15, 0.2) is 53.4 Å². The molecule has 0 aliphatic carbocycles. The van der Waals surface area contributed by atoms with E-state index in [2.05, 4.69) is 5.32 Å². The first-order chi connectivity index (χ1) is 13.3. The van der Waals surface area contributed by atoms with E-state index in [1.165, 1.54) is 24.3 Å². The van der Waals surface area contributed by atoms with Crippen molar-refractivity contribution in [3.8, 4) is 5.75 Å². The molecule has 2 rings (SSSR count). The highest BCUT2D eigenvalue weighted by atomic mass is 32.2. The number of rotatable bonds is 9. The number of hydrogen-bond acceptors (Lipinski definition) is 4. The first-order valence-corrected chi connectivity index (χ1v) is 10.5. The second-order valence-corrected chi connectivity index (χ2v) is 8.13. The minimum atomic E-state index is -4.04. The van der Waals surface area contributed by atoms with Gasteiger partial charge in [0, 0.05) is 6.04 Å². The first kappa shape index (κ1) is 21.7. The Morgan fingerprint density at radius 1 is 1.11 bits per heavy atom. The summed E-state index contributed by atoms with van der Waals surface area (Å²) in [5, 5.41) is 2.75. The van der Waals surface area contributed by atoms with Crippen molar-refractivity contribution in [2.45, 2.75) is 38.1 Å². The smallest absolute Gasteiger partial charge is 0.264 e. The fraction of sp³-hybridized carbons (Fsp3) is 0.350. The molecule has 2 aromatic carbocycles. The lowest BCUT2D eigenvalue weighted by Gasteiger charge is -2.25. The van der Waals surface area contributed by atoms with Gasteiger partial charge in [0.05, 0.1) is 17.2 Å². The van der Waals surface area contributed by atoms with Gasteiger partial charge in [0.15, 0.2) is 0 Å². The summed E-state index contributed by atoms with van der Waals surface area (Å²) in [5.41, 5.74) is 0.203. The topological polar surface area (TPSA) is 75.7 Å². The molecule has 0 aromatic heterocycles. The summed E-state index contributed by atoms with van der Waals surface area (Å²) >= 11 is 0. The number of halogens is 1. The van der Waals surface area contributed by atoms with Crippen LogP contribution in [0, 0.1) is 5.82 Å². The minimum Gasteiger partial charge on any atom is -0.494 e. The molecule has 0 saturated heterocycles. The average Bonchev–Trinajstić information content (AvgIpc) is 2.67. The molecule has 2 aromatic rings. The molecule has 0 radical (unpaired) electrons. The van der Waals surface area contributed by atoms with E-state index in [9.17, 15) is 17.6 Å². The molecule has 0 heterocycles. The van der Waals surface area contributed by atoms with E-state index in [1.54, 1.807) is 12.1 Å². The van der Waals surface area contributed by atoms with E-state index in [0.29, 0.717) is 18.8 Å². The number of benzene rings is 2. The van der Waals surface area contributed by atoms with E-state index in [-0.39, 0.29) is 16.6 Å². The molecule has 1 N–H and O–H groups in total. The molecule has 1 amide bonds. The van der Waals surface area contributed by atoms with Crippen molar-refractivity contribution in [1.29, 1.82) is 0 Å². The fourth-order valence-corrected chi connectivity index (χ4v) is 3.90. The molecule has 152 valence electrons. The van der Waals surface area contributed by atoms with Crippen LogP contribution in [0.5, 0.6) is 5.75 Å². The Kier molecular flexibility index (Phi) is 7.39. The van der Waals surface area contributed by atoms with Crippen molar-refractivity contribution in [1.82, 2.24) is 5.32 Å². The molecule has 0 aliphatic heterocycles. The van der Waals surface area contributed by atoms with E-state index in [4.69, 9.17) is 4.74 Å². The first-order valence-electron chi connectivity index (χ1n) is 9.08. The molecule has 0 spiro atoms. The number of nitrogens with zero attached hydrogens (tertiary/aromatic N) is 1. The largest absolute Gasteiger partial charge is 0.494 e. The number of carbonyl (C=O) groups excluding carboxylic acids is 1. The van der Waals surface area contributed by atoms with Gasteiger partial charge in [-0.15, -0.1) is 0 Å². The fourth-order valence-electron chi connectivity index (χ4n) is 2.48. The molecule has 0 aliphatic rings. The average molecular weight is 408 g/mol. The number of hydrogen-bond donors (Lipinski definition) is 1. The van der Waals surface area contributed by atoms with Gasteiger partial charge < -0.3 is 10.1 Å². The zero-order chi connectivity index (χ0) is 20.7. The van der Waals surface area contributed by atoms with Gasteiger partial charge in [-0.1, -0.05) is 6.92 Å². The number of anilines is 1. The van der Waals surface area contributed by atoms with Crippen molar-refractivity contribution < 1.29 is 22.3 Å². The van der Waals surface area contributed by atoms with Gasteiger partial charge in [-0.05, 0) is 68.8 Å². The molecular formula is C20H25FN2O4S. The van der Waals surface area contributed by atoms with Gasteiger partial charge in [0.2, 0.25) is 5.91 Å². The van der Waals surface area contributed by atoms with Gasteiger partial charge in [-0.25, -0.2) is 12.8 Å². The van der Waals surface area contributed by atoms with Crippen LogP contribution in [0.25, 0.3) is 0 Å². The standard InChI is InChI=1S/C20H25FN2O4S/c1-4-15(3)22-20(24)14-23(17-8-6-16(21)7-9-17)28(25,26)19-12-10-18(11-13-19)27-5-2/h6-13,15H,4-5,14H2,1-3H3,(H,22,24)/t15-/m1/s1. The molecular weight excluding hydrogens is 383 g/mol. The van der Waals surface area contributed by atoms with Crippen molar-refractivity contribution in [3.63, 3.8) is 0 Å². The second kappa shape index (κ2) is 9.54. The predicted molar refractivity (Wildman–Crippen MR) is 106 cm³/mol. The van der Waals surface area contributed by atoms with E-state index >= 15 is 0 Å². The maximum absolute atomic E-state index is 13.3. The lowest BCUT2D eigenvalue weighted by molar-refractivity contribution is -0.120. The summed E-state index contributed by atoms with van der Waals surface area (Å²) in [6, 6.07) is 10.8. The van der Waals surface area contributed by atoms with E-state index in [0.717, 1.165) is 16.4 Å². The van der Waals surface area contributed by atoms with Crippen molar-refractivity contribution in [2.75, 3.05) is 17.5 Å². The van der Waals surface area contributed by atoms with Crippen LogP contribution in [-0.2, 0) is 14.8 Å². The summed E-state index contributed by atoms with van der Waals surface area (Å²) in [6.45, 7) is 5.63. The summed E-state index contributed by atoms with van der Waals surface area (Å²) in [7, 11) is -4.04. The van der Waals surface area contributed by atoms with Gasteiger partial charge >= 0.3 is 0 Å². The highest BCUT2D eigenvalue weighted by Crippen LogP contribution is 2.25.